The van der Waals surface area contributed by atoms with Crippen molar-refractivity contribution in [2.75, 3.05) is 6.54 Å². The zero-order valence-corrected chi connectivity index (χ0v) is 12.1. The minimum absolute atomic E-state index is 0.0726. The molecule has 19 heavy (non-hydrogen) atoms. The lowest BCUT2D eigenvalue weighted by molar-refractivity contribution is -0.120. The number of hydrogen-bond acceptors (Lipinski definition) is 3. The van der Waals surface area contributed by atoms with E-state index in [1.807, 2.05) is 29.1 Å². The number of rotatable bonds is 6. The lowest BCUT2D eigenvalue weighted by Gasteiger charge is -2.05. The Labute approximate surface area is 117 Å². The van der Waals surface area contributed by atoms with Crippen LogP contribution in [0.25, 0.3) is 5.13 Å². The van der Waals surface area contributed by atoms with Gasteiger partial charge in [-0.2, -0.15) is 0 Å². The van der Waals surface area contributed by atoms with E-state index in [0.717, 1.165) is 23.0 Å². The number of aromatic nitrogens is 2. The lowest BCUT2D eigenvalue weighted by atomic mass is 10.1. The predicted octanol–water partition coefficient (Wildman–Crippen LogP) is 2.64. The van der Waals surface area contributed by atoms with E-state index >= 15 is 0 Å². The van der Waals surface area contributed by atoms with Crippen LogP contribution in [-0.4, -0.2) is 22.0 Å². The second kappa shape index (κ2) is 6.52. The van der Waals surface area contributed by atoms with Gasteiger partial charge in [0.25, 0.3) is 0 Å². The van der Waals surface area contributed by atoms with Crippen molar-refractivity contribution in [2.24, 2.45) is 5.92 Å². The highest BCUT2D eigenvalue weighted by Gasteiger charge is 2.08. The summed E-state index contributed by atoms with van der Waals surface area (Å²) in [4.78, 5) is 17.1. The van der Waals surface area contributed by atoms with Gasteiger partial charge in [-0.25, -0.2) is 4.98 Å². The highest BCUT2D eigenvalue weighted by Crippen LogP contribution is 2.17. The van der Waals surface area contributed by atoms with E-state index in [2.05, 4.69) is 24.1 Å². The maximum Gasteiger partial charge on any atom is 0.225 e. The molecule has 0 aromatic carbocycles. The normalized spacial score (nSPS) is 10.9. The maximum atomic E-state index is 11.8. The van der Waals surface area contributed by atoms with Crippen molar-refractivity contribution in [3.8, 4) is 5.13 Å². The monoisotopic (exact) mass is 277 g/mol. The van der Waals surface area contributed by atoms with Crippen LogP contribution in [-0.2, 0) is 11.2 Å². The highest BCUT2D eigenvalue weighted by molar-refractivity contribution is 7.14. The molecule has 0 atom stereocenters. The molecule has 2 aromatic rings. The Hall–Kier alpha value is -1.62. The summed E-state index contributed by atoms with van der Waals surface area (Å²) in [7, 11) is 0. The summed E-state index contributed by atoms with van der Waals surface area (Å²) in [5, 5.41) is 3.84. The van der Waals surface area contributed by atoms with Gasteiger partial charge in [0, 0.05) is 30.0 Å². The van der Waals surface area contributed by atoms with Crippen molar-refractivity contribution in [2.45, 2.75) is 26.7 Å². The Morgan fingerprint density at radius 3 is 2.84 bits per heavy atom. The summed E-state index contributed by atoms with van der Waals surface area (Å²) in [5.74, 6) is 0.687. The molecule has 0 saturated heterocycles. The van der Waals surface area contributed by atoms with E-state index in [-0.39, 0.29) is 5.91 Å². The minimum Gasteiger partial charge on any atom is -0.356 e. The lowest BCUT2D eigenvalue weighted by Crippen LogP contribution is -2.26. The standard InChI is InChI=1S/C14H19N3OS/c1-11(2)5-6-15-13(18)9-12-10-16-14(19-12)17-7-3-4-8-17/h3-4,7-8,10-11H,5-6,9H2,1-2H3,(H,15,18). The third kappa shape index (κ3) is 4.21. The van der Waals surface area contributed by atoms with E-state index in [0.29, 0.717) is 12.3 Å². The van der Waals surface area contributed by atoms with Crippen LogP contribution < -0.4 is 5.32 Å². The third-order valence-electron chi connectivity index (χ3n) is 2.75. The molecular weight excluding hydrogens is 258 g/mol. The predicted molar refractivity (Wildman–Crippen MR) is 77.6 cm³/mol. The first-order chi connectivity index (χ1) is 9.15. The van der Waals surface area contributed by atoms with Crippen LogP contribution in [0.2, 0.25) is 0 Å². The molecule has 2 aromatic heterocycles. The van der Waals surface area contributed by atoms with Crippen molar-refractivity contribution >= 4 is 17.2 Å². The molecule has 0 aliphatic carbocycles. The minimum atomic E-state index is 0.0726. The van der Waals surface area contributed by atoms with E-state index < -0.39 is 0 Å². The Bertz CT molecular complexity index is 517. The van der Waals surface area contributed by atoms with Crippen molar-refractivity contribution in [3.05, 3.63) is 35.6 Å². The zero-order chi connectivity index (χ0) is 13.7. The van der Waals surface area contributed by atoms with Gasteiger partial charge in [-0.3, -0.25) is 4.79 Å². The summed E-state index contributed by atoms with van der Waals surface area (Å²) >= 11 is 1.55. The molecule has 0 saturated carbocycles. The number of amides is 1. The Balaban J connectivity index is 1.84. The SMILES string of the molecule is CC(C)CCNC(=O)Cc1cnc(-n2cccc2)s1. The Kier molecular flexibility index (Phi) is 4.74. The van der Waals surface area contributed by atoms with Gasteiger partial charge < -0.3 is 9.88 Å². The van der Waals surface area contributed by atoms with Crippen molar-refractivity contribution in [3.63, 3.8) is 0 Å². The molecule has 4 nitrogen and oxygen atoms in total. The molecule has 0 aliphatic heterocycles. The van der Waals surface area contributed by atoms with Gasteiger partial charge in [0.05, 0.1) is 6.42 Å². The number of nitrogens with zero attached hydrogens (tertiary/aromatic N) is 2. The smallest absolute Gasteiger partial charge is 0.225 e. The highest BCUT2D eigenvalue weighted by atomic mass is 32.1. The molecule has 1 N–H and O–H groups in total. The maximum absolute atomic E-state index is 11.8. The molecule has 2 rings (SSSR count). The second-order valence-corrected chi connectivity index (χ2v) is 6.00. The fraction of sp³-hybridized carbons (Fsp3) is 0.429. The average Bonchev–Trinajstić information content (AvgIpc) is 2.97. The van der Waals surface area contributed by atoms with Crippen LogP contribution in [0.15, 0.2) is 30.7 Å². The summed E-state index contributed by atoms with van der Waals surface area (Å²) in [6.07, 6.45) is 7.11. The molecule has 0 bridgehead atoms. The fourth-order valence-corrected chi connectivity index (χ4v) is 2.56. The molecule has 0 fully saturated rings. The average molecular weight is 277 g/mol. The molecule has 5 heteroatoms. The van der Waals surface area contributed by atoms with Crippen LogP contribution in [0.1, 0.15) is 25.1 Å². The first-order valence-electron chi connectivity index (χ1n) is 6.50. The first-order valence-corrected chi connectivity index (χ1v) is 7.31. The van der Waals surface area contributed by atoms with Crippen LogP contribution in [0.4, 0.5) is 0 Å². The number of carbonyl (C=O) groups is 1. The van der Waals surface area contributed by atoms with E-state index in [9.17, 15) is 4.79 Å². The molecule has 102 valence electrons. The van der Waals surface area contributed by atoms with Gasteiger partial charge >= 0.3 is 0 Å². The Morgan fingerprint density at radius 2 is 2.16 bits per heavy atom. The molecular formula is C14H19N3OS. The quantitative estimate of drug-likeness (QED) is 0.882. The third-order valence-corrected chi connectivity index (χ3v) is 3.76. The molecule has 0 spiro atoms. The van der Waals surface area contributed by atoms with Crippen molar-refractivity contribution in [1.29, 1.82) is 0 Å². The summed E-state index contributed by atoms with van der Waals surface area (Å²) in [6.45, 7) is 5.05. The summed E-state index contributed by atoms with van der Waals surface area (Å²) in [6, 6.07) is 3.92. The van der Waals surface area contributed by atoms with Gasteiger partial charge in [-0.1, -0.05) is 13.8 Å². The zero-order valence-electron chi connectivity index (χ0n) is 11.3. The first kappa shape index (κ1) is 13.8. The largest absolute Gasteiger partial charge is 0.356 e. The topological polar surface area (TPSA) is 46.9 Å². The second-order valence-electron chi connectivity index (χ2n) is 4.91. The van der Waals surface area contributed by atoms with Crippen LogP contribution >= 0.6 is 11.3 Å². The van der Waals surface area contributed by atoms with Crippen molar-refractivity contribution < 1.29 is 4.79 Å². The van der Waals surface area contributed by atoms with Crippen molar-refractivity contribution in [1.82, 2.24) is 14.9 Å². The fourth-order valence-electron chi connectivity index (χ4n) is 1.68. The van der Waals surface area contributed by atoms with Gasteiger partial charge in [0.1, 0.15) is 0 Å². The number of hydrogen-bond donors (Lipinski definition) is 1. The number of thiazole rings is 1. The summed E-state index contributed by atoms with van der Waals surface area (Å²) in [5.41, 5.74) is 0. The van der Waals surface area contributed by atoms with Crippen LogP contribution in [0.3, 0.4) is 0 Å². The number of nitrogens with one attached hydrogen (secondary N) is 1. The van der Waals surface area contributed by atoms with Crippen LogP contribution in [0, 0.1) is 5.92 Å². The molecule has 0 aliphatic rings. The number of carbonyl (C=O) groups excluding carboxylic acids is 1. The van der Waals surface area contributed by atoms with Gasteiger partial charge in [0.2, 0.25) is 5.91 Å². The van der Waals surface area contributed by atoms with Gasteiger partial charge in [-0.15, -0.1) is 11.3 Å². The molecule has 0 unspecified atom stereocenters. The van der Waals surface area contributed by atoms with Crippen LogP contribution in [0.5, 0.6) is 0 Å². The molecule has 2 heterocycles. The molecule has 0 radical (unpaired) electrons. The molecule has 1 amide bonds. The van der Waals surface area contributed by atoms with Gasteiger partial charge in [0.15, 0.2) is 5.13 Å². The van der Waals surface area contributed by atoms with E-state index in [4.69, 9.17) is 0 Å². The van der Waals surface area contributed by atoms with Gasteiger partial charge in [-0.05, 0) is 24.5 Å². The summed E-state index contributed by atoms with van der Waals surface area (Å²) < 4.78 is 1.95. The van der Waals surface area contributed by atoms with E-state index in [1.165, 1.54) is 0 Å². The van der Waals surface area contributed by atoms with E-state index in [1.54, 1.807) is 17.5 Å². The Morgan fingerprint density at radius 1 is 1.42 bits per heavy atom.